The largest absolute Gasteiger partial charge is 0.494 e. The number of carbonyl (C=O) groups is 1. The third-order valence-corrected chi connectivity index (χ3v) is 4.95. The van der Waals surface area contributed by atoms with E-state index in [1.54, 1.807) is 23.6 Å². The number of benzene rings is 1. The first-order valence-corrected chi connectivity index (χ1v) is 9.36. The fourth-order valence-corrected chi connectivity index (χ4v) is 3.74. The lowest BCUT2D eigenvalue weighted by Crippen LogP contribution is -2.29. The monoisotopic (exact) mass is 386 g/mol. The van der Waals surface area contributed by atoms with E-state index in [1.807, 2.05) is 55.5 Å². The summed E-state index contributed by atoms with van der Waals surface area (Å²) in [6, 6.07) is 14.6. The van der Waals surface area contributed by atoms with Gasteiger partial charge in [-0.1, -0.05) is 6.07 Å². The van der Waals surface area contributed by atoms with E-state index in [2.05, 4.69) is 15.2 Å². The van der Waals surface area contributed by atoms with Crippen molar-refractivity contribution in [1.82, 2.24) is 15.2 Å². The Labute approximate surface area is 167 Å². The molecule has 0 saturated heterocycles. The average Bonchev–Trinajstić information content (AvgIpc) is 3.47. The number of rotatable bonds is 5. The number of nitrogens with zero attached hydrogens (tertiary/aromatic N) is 3. The predicted octanol–water partition coefficient (Wildman–Crippen LogP) is 4.21. The number of aromatic nitrogens is 3. The van der Waals surface area contributed by atoms with E-state index in [0.29, 0.717) is 23.8 Å². The summed E-state index contributed by atoms with van der Waals surface area (Å²) in [6.07, 6.45) is 5.08. The number of furan rings is 1. The number of anilines is 1. The van der Waals surface area contributed by atoms with Crippen LogP contribution in [0.15, 0.2) is 71.6 Å². The molecule has 144 valence electrons. The molecule has 0 fully saturated rings. The predicted molar refractivity (Wildman–Crippen MR) is 107 cm³/mol. The molecule has 1 N–H and O–H groups in total. The number of ether oxygens (including phenoxy) is 1. The number of aromatic amines is 1. The minimum Gasteiger partial charge on any atom is -0.494 e. The maximum atomic E-state index is 13.3. The van der Waals surface area contributed by atoms with Gasteiger partial charge in [0.1, 0.15) is 11.4 Å². The molecule has 7 heteroatoms. The van der Waals surface area contributed by atoms with Crippen LogP contribution in [0.5, 0.6) is 5.75 Å². The van der Waals surface area contributed by atoms with Gasteiger partial charge in [0.25, 0.3) is 5.91 Å². The maximum Gasteiger partial charge on any atom is 0.280 e. The second-order valence-corrected chi connectivity index (χ2v) is 6.63. The Morgan fingerprint density at radius 3 is 2.72 bits per heavy atom. The van der Waals surface area contributed by atoms with E-state index in [-0.39, 0.29) is 11.9 Å². The van der Waals surface area contributed by atoms with Crippen molar-refractivity contribution < 1.29 is 13.9 Å². The summed E-state index contributed by atoms with van der Waals surface area (Å²) in [5.41, 5.74) is 3.52. The Kier molecular flexibility index (Phi) is 4.13. The van der Waals surface area contributed by atoms with Crippen LogP contribution in [0.4, 0.5) is 5.69 Å². The van der Waals surface area contributed by atoms with E-state index in [4.69, 9.17) is 9.15 Å². The van der Waals surface area contributed by atoms with Gasteiger partial charge in [0, 0.05) is 23.6 Å². The summed E-state index contributed by atoms with van der Waals surface area (Å²) in [5, 5.41) is 7.29. The molecule has 29 heavy (non-hydrogen) atoms. The molecule has 0 aliphatic carbocycles. The van der Waals surface area contributed by atoms with Gasteiger partial charge in [-0.3, -0.25) is 19.8 Å². The van der Waals surface area contributed by atoms with Gasteiger partial charge in [0.15, 0.2) is 11.5 Å². The number of hydrogen-bond acceptors (Lipinski definition) is 5. The Balaban J connectivity index is 1.66. The first-order valence-electron chi connectivity index (χ1n) is 9.36. The number of amides is 1. The van der Waals surface area contributed by atoms with Crippen molar-refractivity contribution in [3.63, 3.8) is 0 Å². The molecule has 0 unspecified atom stereocenters. The fourth-order valence-electron chi connectivity index (χ4n) is 3.74. The highest BCUT2D eigenvalue weighted by Gasteiger charge is 2.43. The van der Waals surface area contributed by atoms with Crippen LogP contribution in [0.25, 0.3) is 11.5 Å². The quantitative estimate of drug-likeness (QED) is 0.555. The number of H-pyrrole nitrogens is 1. The maximum absolute atomic E-state index is 13.3. The molecule has 5 rings (SSSR count). The van der Waals surface area contributed by atoms with Crippen molar-refractivity contribution in [3.8, 4) is 17.2 Å². The molecule has 0 spiro atoms. The number of nitrogens with one attached hydrogen (secondary N) is 1. The van der Waals surface area contributed by atoms with E-state index < -0.39 is 0 Å². The number of carbonyl (C=O) groups excluding carboxylic acids is 1. The van der Waals surface area contributed by atoms with Crippen molar-refractivity contribution in [2.75, 3.05) is 11.5 Å². The standard InChI is InChI=1S/C22H18N4O3/c1-2-28-16-9-7-15(8-10-16)26-21(14-5-3-11-23-13-14)18-19(17-6-4-12-29-17)24-25-20(18)22(26)27/h3-13,21H,2H2,1H3,(H,24,25)/t21-/m0/s1. The van der Waals surface area contributed by atoms with Gasteiger partial charge in [0.2, 0.25) is 0 Å². The van der Waals surface area contributed by atoms with Gasteiger partial charge in [-0.15, -0.1) is 0 Å². The van der Waals surface area contributed by atoms with E-state index in [1.165, 1.54) is 0 Å². The molecule has 1 atom stereocenters. The molecule has 4 heterocycles. The fraction of sp³-hybridized carbons (Fsp3) is 0.136. The summed E-state index contributed by atoms with van der Waals surface area (Å²) in [6.45, 7) is 2.52. The molecule has 0 saturated carbocycles. The Morgan fingerprint density at radius 2 is 2.03 bits per heavy atom. The topological polar surface area (TPSA) is 84.2 Å². The van der Waals surface area contributed by atoms with Crippen molar-refractivity contribution >= 4 is 11.6 Å². The highest BCUT2D eigenvalue weighted by atomic mass is 16.5. The van der Waals surface area contributed by atoms with Gasteiger partial charge in [0.05, 0.1) is 18.9 Å². The first-order chi connectivity index (χ1) is 14.3. The molecule has 0 radical (unpaired) electrons. The zero-order chi connectivity index (χ0) is 19.8. The Morgan fingerprint density at radius 1 is 1.17 bits per heavy atom. The lowest BCUT2D eigenvalue weighted by Gasteiger charge is -2.26. The van der Waals surface area contributed by atoms with Crippen molar-refractivity contribution in [2.24, 2.45) is 0 Å². The Hall–Kier alpha value is -3.87. The summed E-state index contributed by atoms with van der Waals surface area (Å²) in [5.74, 6) is 1.22. The SMILES string of the molecule is CCOc1ccc(N2C(=O)c3n[nH]c(-c4ccco4)c3[C@@H]2c2cccnc2)cc1. The van der Waals surface area contributed by atoms with Crippen LogP contribution in [-0.2, 0) is 0 Å². The van der Waals surface area contributed by atoms with Gasteiger partial charge >= 0.3 is 0 Å². The minimum atomic E-state index is -0.372. The van der Waals surface area contributed by atoms with Crippen LogP contribution >= 0.6 is 0 Å². The molecule has 0 bridgehead atoms. The highest BCUT2D eigenvalue weighted by molar-refractivity contribution is 6.11. The third-order valence-electron chi connectivity index (χ3n) is 4.95. The van der Waals surface area contributed by atoms with Crippen LogP contribution < -0.4 is 9.64 Å². The molecule has 3 aromatic heterocycles. The van der Waals surface area contributed by atoms with Gasteiger partial charge in [-0.05, 0) is 55.0 Å². The summed E-state index contributed by atoms with van der Waals surface area (Å²) < 4.78 is 11.1. The molecule has 4 aromatic rings. The van der Waals surface area contributed by atoms with Crippen LogP contribution in [-0.4, -0.2) is 27.7 Å². The van der Waals surface area contributed by atoms with Gasteiger partial charge < -0.3 is 9.15 Å². The highest BCUT2D eigenvalue weighted by Crippen LogP contribution is 2.45. The molecule has 1 aliphatic rings. The number of hydrogen-bond donors (Lipinski definition) is 1. The van der Waals surface area contributed by atoms with Gasteiger partial charge in [-0.2, -0.15) is 5.10 Å². The van der Waals surface area contributed by atoms with E-state index >= 15 is 0 Å². The van der Waals surface area contributed by atoms with Crippen LogP contribution in [0, 0.1) is 0 Å². The molecular formula is C22H18N4O3. The zero-order valence-corrected chi connectivity index (χ0v) is 15.7. The molecule has 1 amide bonds. The Bertz CT molecular complexity index is 1130. The summed E-state index contributed by atoms with van der Waals surface area (Å²) in [7, 11) is 0. The minimum absolute atomic E-state index is 0.174. The number of pyridine rings is 1. The van der Waals surface area contributed by atoms with Crippen LogP contribution in [0.1, 0.15) is 34.6 Å². The van der Waals surface area contributed by atoms with E-state index in [0.717, 1.165) is 22.6 Å². The zero-order valence-electron chi connectivity index (χ0n) is 15.7. The first kappa shape index (κ1) is 17.2. The average molecular weight is 386 g/mol. The van der Waals surface area contributed by atoms with Crippen LogP contribution in [0.3, 0.4) is 0 Å². The van der Waals surface area contributed by atoms with E-state index in [9.17, 15) is 4.79 Å². The second kappa shape index (κ2) is 6.94. The molecular weight excluding hydrogens is 368 g/mol. The summed E-state index contributed by atoms with van der Waals surface area (Å²) in [4.78, 5) is 19.3. The smallest absolute Gasteiger partial charge is 0.280 e. The lowest BCUT2D eigenvalue weighted by atomic mass is 9.99. The molecule has 1 aliphatic heterocycles. The number of fused-ring (bicyclic) bond motifs is 1. The second-order valence-electron chi connectivity index (χ2n) is 6.63. The van der Waals surface area contributed by atoms with Crippen molar-refractivity contribution in [2.45, 2.75) is 13.0 Å². The van der Waals surface area contributed by atoms with Crippen molar-refractivity contribution in [1.29, 1.82) is 0 Å². The van der Waals surface area contributed by atoms with Crippen LogP contribution in [0.2, 0.25) is 0 Å². The molecule has 1 aromatic carbocycles. The summed E-state index contributed by atoms with van der Waals surface area (Å²) >= 11 is 0. The van der Waals surface area contributed by atoms with Gasteiger partial charge in [-0.25, -0.2) is 0 Å². The third kappa shape index (κ3) is 2.79. The normalized spacial score (nSPS) is 15.6. The van der Waals surface area contributed by atoms with Crippen molar-refractivity contribution in [3.05, 3.63) is 84.0 Å². The molecule has 7 nitrogen and oxygen atoms in total. The lowest BCUT2D eigenvalue weighted by molar-refractivity contribution is 0.0988.